The molecule has 1 amide bonds. The maximum absolute atomic E-state index is 13.6. The van der Waals surface area contributed by atoms with E-state index in [1.165, 1.54) is 0 Å². The number of carbonyl (C=O) groups excluding carboxylic acids is 1. The summed E-state index contributed by atoms with van der Waals surface area (Å²) in [6.07, 6.45) is 0. The second-order valence-corrected chi connectivity index (χ2v) is 5.33. The van der Waals surface area contributed by atoms with E-state index in [0.717, 1.165) is 23.9 Å². The molecule has 0 aliphatic carbocycles. The van der Waals surface area contributed by atoms with Gasteiger partial charge in [-0.05, 0) is 50.2 Å². The van der Waals surface area contributed by atoms with E-state index in [2.05, 4.69) is 5.32 Å². The molecule has 22 heavy (non-hydrogen) atoms. The monoisotopic (exact) mass is 304 g/mol. The Labute approximate surface area is 128 Å². The summed E-state index contributed by atoms with van der Waals surface area (Å²) in [4.78, 5) is 14.1. The van der Waals surface area contributed by atoms with Gasteiger partial charge in [0.15, 0.2) is 0 Å². The molecular weight excluding hydrogens is 286 g/mol. The van der Waals surface area contributed by atoms with Crippen LogP contribution in [-0.2, 0) is 0 Å². The average molecular weight is 304 g/mol. The molecule has 3 nitrogen and oxygen atoms in total. The van der Waals surface area contributed by atoms with Crippen molar-refractivity contribution in [2.75, 3.05) is 17.3 Å². The van der Waals surface area contributed by atoms with Gasteiger partial charge in [-0.2, -0.15) is 0 Å². The first-order valence-corrected chi connectivity index (χ1v) is 6.98. The molecule has 0 saturated carbocycles. The van der Waals surface area contributed by atoms with Crippen molar-refractivity contribution in [2.45, 2.75) is 19.9 Å². The van der Waals surface area contributed by atoms with Gasteiger partial charge in [-0.15, -0.1) is 0 Å². The fourth-order valence-corrected chi connectivity index (χ4v) is 1.97. The summed E-state index contributed by atoms with van der Waals surface area (Å²) in [5.74, 6) is -2.09. The van der Waals surface area contributed by atoms with E-state index >= 15 is 0 Å². The van der Waals surface area contributed by atoms with E-state index in [1.54, 1.807) is 18.2 Å². The Morgan fingerprint density at radius 3 is 2.55 bits per heavy atom. The molecule has 0 aliphatic rings. The Morgan fingerprint density at radius 2 is 1.86 bits per heavy atom. The minimum absolute atomic E-state index is 0.298. The van der Waals surface area contributed by atoms with Crippen molar-refractivity contribution in [3.05, 3.63) is 59.7 Å². The fourth-order valence-electron chi connectivity index (χ4n) is 1.97. The van der Waals surface area contributed by atoms with E-state index in [0.29, 0.717) is 11.7 Å². The number of nitrogens with zero attached hydrogens (tertiary/aromatic N) is 1. The van der Waals surface area contributed by atoms with Crippen LogP contribution in [0.25, 0.3) is 0 Å². The predicted molar refractivity (Wildman–Crippen MR) is 84.3 cm³/mol. The van der Waals surface area contributed by atoms with Gasteiger partial charge in [-0.1, -0.05) is 6.07 Å². The third-order valence-electron chi connectivity index (χ3n) is 3.46. The average Bonchev–Trinajstić information content (AvgIpc) is 2.49. The van der Waals surface area contributed by atoms with Crippen molar-refractivity contribution in [3.8, 4) is 0 Å². The van der Waals surface area contributed by atoms with Gasteiger partial charge >= 0.3 is 0 Å². The molecule has 0 radical (unpaired) electrons. The maximum Gasteiger partial charge on any atom is 0.258 e. The summed E-state index contributed by atoms with van der Waals surface area (Å²) in [7, 11) is 1.94. The van der Waals surface area contributed by atoms with Crippen LogP contribution >= 0.6 is 0 Å². The highest BCUT2D eigenvalue weighted by Crippen LogP contribution is 2.21. The van der Waals surface area contributed by atoms with Crippen LogP contribution in [0, 0.1) is 11.6 Å². The van der Waals surface area contributed by atoms with Gasteiger partial charge in [0.2, 0.25) is 0 Å². The number of amides is 1. The third-order valence-corrected chi connectivity index (χ3v) is 3.46. The highest BCUT2D eigenvalue weighted by Gasteiger charge is 2.13. The van der Waals surface area contributed by atoms with E-state index < -0.39 is 17.5 Å². The van der Waals surface area contributed by atoms with E-state index in [1.807, 2.05) is 31.9 Å². The first-order valence-electron chi connectivity index (χ1n) is 6.98. The first kappa shape index (κ1) is 15.9. The van der Waals surface area contributed by atoms with Crippen molar-refractivity contribution >= 4 is 17.3 Å². The van der Waals surface area contributed by atoms with Gasteiger partial charge in [0.1, 0.15) is 11.6 Å². The molecule has 0 bridgehead atoms. The van der Waals surface area contributed by atoms with Crippen molar-refractivity contribution in [1.29, 1.82) is 0 Å². The van der Waals surface area contributed by atoms with Crippen LogP contribution in [0.4, 0.5) is 20.2 Å². The van der Waals surface area contributed by atoms with Crippen LogP contribution < -0.4 is 10.2 Å². The molecule has 0 aromatic heterocycles. The van der Waals surface area contributed by atoms with Crippen LogP contribution in [0.5, 0.6) is 0 Å². The molecule has 2 aromatic rings. The van der Waals surface area contributed by atoms with Gasteiger partial charge in [0.05, 0.1) is 5.56 Å². The van der Waals surface area contributed by atoms with E-state index in [9.17, 15) is 13.6 Å². The Bertz CT molecular complexity index is 686. The van der Waals surface area contributed by atoms with Gasteiger partial charge in [0.25, 0.3) is 5.91 Å². The Morgan fingerprint density at radius 1 is 1.14 bits per heavy atom. The van der Waals surface area contributed by atoms with Crippen LogP contribution in [0.1, 0.15) is 24.2 Å². The lowest BCUT2D eigenvalue weighted by Crippen LogP contribution is -2.25. The summed E-state index contributed by atoms with van der Waals surface area (Å²) in [5.41, 5.74) is 1.13. The smallest absolute Gasteiger partial charge is 0.258 e. The molecule has 2 rings (SSSR count). The fraction of sp³-hybridized carbons (Fsp3) is 0.235. The number of rotatable bonds is 4. The Hall–Kier alpha value is -2.43. The molecule has 0 fully saturated rings. The predicted octanol–water partition coefficient (Wildman–Crippen LogP) is 4.06. The lowest BCUT2D eigenvalue weighted by Gasteiger charge is -2.24. The second-order valence-electron chi connectivity index (χ2n) is 5.33. The van der Waals surface area contributed by atoms with Crippen LogP contribution in [-0.4, -0.2) is 19.0 Å². The summed E-state index contributed by atoms with van der Waals surface area (Å²) in [5, 5.41) is 2.59. The zero-order valence-electron chi connectivity index (χ0n) is 12.7. The number of anilines is 2. The van der Waals surface area contributed by atoms with Crippen molar-refractivity contribution in [3.63, 3.8) is 0 Å². The number of carbonyl (C=O) groups is 1. The van der Waals surface area contributed by atoms with E-state index in [-0.39, 0.29) is 5.56 Å². The van der Waals surface area contributed by atoms with Crippen LogP contribution in [0.15, 0.2) is 42.5 Å². The number of hydrogen-bond acceptors (Lipinski definition) is 2. The number of hydrogen-bond donors (Lipinski definition) is 1. The second kappa shape index (κ2) is 6.56. The largest absolute Gasteiger partial charge is 0.372 e. The molecule has 0 aliphatic heterocycles. The maximum atomic E-state index is 13.6. The summed E-state index contributed by atoms with van der Waals surface area (Å²) in [6, 6.07) is 10.3. The molecule has 0 spiro atoms. The quantitative estimate of drug-likeness (QED) is 0.923. The third kappa shape index (κ3) is 3.61. The first-order chi connectivity index (χ1) is 10.4. The SMILES string of the molecule is CC(C)N(C)c1cccc(NC(=O)c2cc(F)ccc2F)c1. The molecule has 1 N–H and O–H groups in total. The number of nitrogens with one attached hydrogen (secondary N) is 1. The molecule has 0 saturated heterocycles. The van der Waals surface area contributed by atoms with Gasteiger partial charge in [-0.3, -0.25) is 4.79 Å². The molecule has 0 atom stereocenters. The van der Waals surface area contributed by atoms with E-state index in [4.69, 9.17) is 0 Å². The molecule has 0 heterocycles. The Kier molecular flexibility index (Phi) is 4.75. The lowest BCUT2D eigenvalue weighted by atomic mass is 10.1. The molecule has 0 unspecified atom stereocenters. The minimum Gasteiger partial charge on any atom is -0.372 e. The molecule has 2 aromatic carbocycles. The molecule has 5 heteroatoms. The molecular formula is C17H18F2N2O. The normalized spacial score (nSPS) is 10.6. The highest BCUT2D eigenvalue weighted by atomic mass is 19.1. The van der Waals surface area contributed by atoms with Crippen LogP contribution in [0.2, 0.25) is 0 Å². The van der Waals surface area contributed by atoms with Gasteiger partial charge in [-0.25, -0.2) is 8.78 Å². The standard InChI is InChI=1S/C17H18F2N2O/c1-11(2)21(3)14-6-4-5-13(10-14)20-17(22)15-9-12(18)7-8-16(15)19/h4-11H,1-3H3,(H,20,22). The number of benzene rings is 2. The zero-order chi connectivity index (χ0) is 16.3. The van der Waals surface area contributed by atoms with Gasteiger partial charge < -0.3 is 10.2 Å². The molecule has 116 valence electrons. The van der Waals surface area contributed by atoms with Crippen molar-refractivity contribution < 1.29 is 13.6 Å². The summed E-state index contributed by atoms with van der Waals surface area (Å²) < 4.78 is 26.8. The van der Waals surface area contributed by atoms with Crippen molar-refractivity contribution in [1.82, 2.24) is 0 Å². The van der Waals surface area contributed by atoms with Gasteiger partial charge in [0, 0.05) is 24.5 Å². The number of halogens is 2. The zero-order valence-corrected chi connectivity index (χ0v) is 12.7. The highest BCUT2D eigenvalue weighted by molar-refractivity contribution is 6.04. The lowest BCUT2D eigenvalue weighted by molar-refractivity contribution is 0.102. The Balaban J connectivity index is 2.22. The van der Waals surface area contributed by atoms with Crippen molar-refractivity contribution in [2.24, 2.45) is 0 Å². The summed E-state index contributed by atoms with van der Waals surface area (Å²) in [6.45, 7) is 4.10. The topological polar surface area (TPSA) is 32.3 Å². The summed E-state index contributed by atoms with van der Waals surface area (Å²) >= 11 is 0. The van der Waals surface area contributed by atoms with Crippen LogP contribution in [0.3, 0.4) is 0 Å². The minimum atomic E-state index is -0.755.